The van der Waals surface area contributed by atoms with Gasteiger partial charge in [0.2, 0.25) is 0 Å². The van der Waals surface area contributed by atoms with Crippen LogP contribution in [0.2, 0.25) is 0 Å². The summed E-state index contributed by atoms with van der Waals surface area (Å²) < 4.78 is 49.1. The van der Waals surface area contributed by atoms with E-state index in [9.17, 15) is 18.3 Å². The number of thioether (sulfide) groups is 1. The van der Waals surface area contributed by atoms with E-state index in [-0.39, 0.29) is 6.61 Å². The lowest BCUT2D eigenvalue weighted by atomic mass is 10.00. The highest BCUT2D eigenvalue weighted by atomic mass is 32.2. The topological polar surface area (TPSA) is 41.9 Å². The first-order valence-electron chi connectivity index (χ1n) is 12.2. The van der Waals surface area contributed by atoms with Crippen LogP contribution in [0.3, 0.4) is 0 Å². The Morgan fingerprint density at radius 3 is 2.34 bits per heavy atom. The van der Waals surface area contributed by atoms with E-state index in [1.807, 2.05) is 19.9 Å². The second kappa shape index (κ2) is 15.5. The van der Waals surface area contributed by atoms with Crippen LogP contribution in [0.15, 0.2) is 53.6 Å². The standard InChI is InChI=1S/C27H38F3NO3S/c1-4-7-21-12-15-31(16-13-22(21)14-18-33-20-26(32)34-6-3)17-19-35-25(5-2)23-8-10-24(11-9-23)27(28,29)30/h5,7-11,14,26,32H,4,6,12-13,15-20H2,1-3H3/b21-7-,22-14-,25-5-. The number of rotatable bonds is 12. The van der Waals surface area contributed by atoms with Crippen molar-refractivity contribution >= 4 is 16.7 Å². The molecule has 1 aliphatic heterocycles. The number of benzene rings is 1. The van der Waals surface area contributed by atoms with Gasteiger partial charge in [0.05, 0.1) is 18.8 Å². The predicted molar refractivity (Wildman–Crippen MR) is 138 cm³/mol. The minimum atomic E-state index is -4.32. The van der Waals surface area contributed by atoms with Crippen LogP contribution in [0.25, 0.3) is 4.91 Å². The van der Waals surface area contributed by atoms with E-state index in [1.54, 1.807) is 23.9 Å². The van der Waals surface area contributed by atoms with E-state index in [4.69, 9.17) is 9.47 Å². The third-order valence-corrected chi connectivity index (χ3v) is 6.92. The molecule has 0 bridgehead atoms. The number of hydrogen-bond donors (Lipinski definition) is 1. The van der Waals surface area contributed by atoms with Crippen molar-refractivity contribution in [3.8, 4) is 0 Å². The van der Waals surface area contributed by atoms with Crippen LogP contribution in [0.5, 0.6) is 0 Å². The number of alkyl halides is 3. The summed E-state index contributed by atoms with van der Waals surface area (Å²) in [4.78, 5) is 3.43. The van der Waals surface area contributed by atoms with Crippen molar-refractivity contribution in [3.05, 3.63) is 64.8 Å². The highest BCUT2D eigenvalue weighted by Gasteiger charge is 2.30. The SMILES string of the molecule is C/C=C(\SCCN1CCC(=C/CC)/C(=C\COCC(O)OCC)CC1)c1ccc(C(F)(F)F)cc1. The van der Waals surface area contributed by atoms with Gasteiger partial charge in [-0.05, 0) is 62.0 Å². The van der Waals surface area contributed by atoms with Crippen molar-refractivity contribution in [1.29, 1.82) is 0 Å². The molecular formula is C27H38F3NO3S. The smallest absolute Gasteiger partial charge is 0.372 e. The maximum absolute atomic E-state index is 12.8. The van der Waals surface area contributed by atoms with E-state index in [1.165, 1.54) is 11.1 Å². The van der Waals surface area contributed by atoms with E-state index < -0.39 is 18.0 Å². The third kappa shape index (κ3) is 10.5. The van der Waals surface area contributed by atoms with Crippen LogP contribution >= 0.6 is 11.8 Å². The van der Waals surface area contributed by atoms with Crippen LogP contribution < -0.4 is 0 Å². The fourth-order valence-electron chi connectivity index (χ4n) is 3.94. The van der Waals surface area contributed by atoms with Crippen molar-refractivity contribution in [2.24, 2.45) is 0 Å². The molecule has 1 N–H and O–H groups in total. The third-order valence-electron chi connectivity index (χ3n) is 5.75. The Labute approximate surface area is 211 Å². The van der Waals surface area contributed by atoms with Gasteiger partial charge in [-0.25, -0.2) is 0 Å². The molecule has 1 heterocycles. The summed E-state index contributed by atoms with van der Waals surface area (Å²) in [6.07, 6.45) is 4.03. The quantitative estimate of drug-likeness (QED) is 0.254. The molecule has 8 heteroatoms. The van der Waals surface area contributed by atoms with Gasteiger partial charge in [-0.1, -0.05) is 37.3 Å². The minimum absolute atomic E-state index is 0.153. The lowest BCUT2D eigenvalue weighted by molar-refractivity contribution is -0.137. The summed E-state index contributed by atoms with van der Waals surface area (Å²) in [6.45, 7) is 9.75. The van der Waals surface area contributed by atoms with Gasteiger partial charge < -0.3 is 19.5 Å². The average Bonchev–Trinajstić information content (AvgIpc) is 3.02. The molecule has 1 saturated heterocycles. The second-order valence-corrected chi connectivity index (χ2v) is 9.37. The Morgan fingerprint density at radius 1 is 1.11 bits per heavy atom. The Bertz CT molecular complexity index is 850. The zero-order valence-electron chi connectivity index (χ0n) is 20.9. The molecule has 0 radical (unpaired) electrons. The molecule has 0 aromatic heterocycles. The molecule has 0 aliphatic carbocycles. The van der Waals surface area contributed by atoms with Gasteiger partial charge >= 0.3 is 6.18 Å². The average molecular weight is 514 g/mol. The number of nitrogens with zero attached hydrogens (tertiary/aromatic N) is 1. The molecule has 0 spiro atoms. The van der Waals surface area contributed by atoms with Gasteiger partial charge in [0, 0.05) is 36.9 Å². The van der Waals surface area contributed by atoms with Gasteiger partial charge in [0.15, 0.2) is 6.29 Å². The first-order chi connectivity index (χ1) is 16.8. The molecule has 1 atom stereocenters. The predicted octanol–water partition coefficient (Wildman–Crippen LogP) is 6.53. The second-order valence-electron chi connectivity index (χ2n) is 8.23. The van der Waals surface area contributed by atoms with Gasteiger partial charge in [-0.2, -0.15) is 13.2 Å². The number of ether oxygens (including phenoxy) is 2. The molecule has 2 rings (SSSR count). The molecule has 1 unspecified atom stereocenters. The van der Waals surface area contributed by atoms with Crippen LogP contribution in [-0.4, -0.2) is 61.5 Å². The molecule has 1 fully saturated rings. The number of halogens is 3. The van der Waals surface area contributed by atoms with Crippen molar-refractivity contribution < 1.29 is 27.8 Å². The number of aliphatic hydroxyl groups excluding tert-OH is 1. The first-order valence-corrected chi connectivity index (χ1v) is 13.2. The summed E-state index contributed by atoms with van der Waals surface area (Å²) in [5, 5.41) is 9.62. The maximum Gasteiger partial charge on any atom is 0.416 e. The van der Waals surface area contributed by atoms with Crippen molar-refractivity contribution in [3.63, 3.8) is 0 Å². The monoisotopic (exact) mass is 513 g/mol. The summed E-state index contributed by atoms with van der Waals surface area (Å²) in [7, 11) is 0. The van der Waals surface area contributed by atoms with Gasteiger partial charge in [-0.15, -0.1) is 11.8 Å². The molecule has 196 valence electrons. The lowest BCUT2D eigenvalue weighted by Gasteiger charge is -2.19. The molecule has 0 amide bonds. The number of likely N-dealkylation sites (tertiary alicyclic amines) is 1. The van der Waals surface area contributed by atoms with Crippen LogP contribution in [0.1, 0.15) is 51.2 Å². The Balaban J connectivity index is 1.87. The van der Waals surface area contributed by atoms with Gasteiger partial charge in [-0.3, -0.25) is 0 Å². The number of allylic oxidation sites excluding steroid dienone is 2. The van der Waals surface area contributed by atoms with E-state index in [0.717, 1.165) is 67.3 Å². The maximum atomic E-state index is 12.8. The van der Waals surface area contributed by atoms with E-state index in [0.29, 0.717) is 13.2 Å². The Hall–Kier alpha value is -1.58. The minimum Gasteiger partial charge on any atom is -0.372 e. The summed E-state index contributed by atoms with van der Waals surface area (Å²) >= 11 is 1.68. The molecule has 4 nitrogen and oxygen atoms in total. The molecule has 1 aromatic carbocycles. The molecule has 1 aromatic rings. The fraction of sp³-hybridized carbons (Fsp3) is 0.556. The first kappa shape index (κ1) is 29.6. The van der Waals surface area contributed by atoms with E-state index >= 15 is 0 Å². The summed E-state index contributed by atoms with van der Waals surface area (Å²) in [5.74, 6) is 0.866. The van der Waals surface area contributed by atoms with E-state index in [2.05, 4.69) is 24.0 Å². The number of hydrogen-bond acceptors (Lipinski definition) is 5. The summed E-state index contributed by atoms with van der Waals surface area (Å²) in [6, 6.07) is 5.38. The highest BCUT2D eigenvalue weighted by Crippen LogP contribution is 2.33. The Kier molecular flexibility index (Phi) is 13.1. The van der Waals surface area contributed by atoms with Crippen molar-refractivity contribution in [2.45, 2.75) is 52.5 Å². The normalized spacial score (nSPS) is 19.3. The molecule has 1 aliphatic rings. The highest BCUT2D eigenvalue weighted by molar-refractivity contribution is 8.08. The van der Waals surface area contributed by atoms with Crippen LogP contribution in [0, 0.1) is 0 Å². The van der Waals surface area contributed by atoms with Gasteiger partial charge in [0.25, 0.3) is 0 Å². The fourth-order valence-corrected chi connectivity index (χ4v) is 4.98. The largest absolute Gasteiger partial charge is 0.416 e. The van der Waals surface area contributed by atoms with Crippen LogP contribution in [0.4, 0.5) is 13.2 Å². The van der Waals surface area contributed by atoms with Crippen molar-refractivity contribution in [1.82, 2.24) is 4.90 Å². The molecule has 0 saturated carbocycles. The van der Waals surface area contributed by atoms with Crippen molar-refractivity contribution in [2.75, 3.05) is 45.2 Å². The summed E-state index contributed by atoms with van der Waals surface area (Å²) in [5.41, 5.74) is 2.85. The zero-order chi connectivity index (χ0) is 25.7. The Morgan fingerprint density at radius 2 is 1.77 bits per heavy atom. The number of aliphatic hydroxyl groups is 1. The molecular weight excluding hydrogens is 475 g/mol. The lowest BCUT2D eigenvalue weighted by Crippen LogP contribution is -2.27. The zero-order valence-corrected chi connectivity index (χ0v) is 21.8. The molecule has 35 heavy (non-hydrogen) atoms. The van der Waals surface area contributed by atoms with Gasteiger partial charge in [0.1, 0.15) is 0 Å². The van der Waals surface area contributed by atoms with Crippen LogP contribution in [-0.2, 0) is 15.7 Å².